The monoisotopic (exact) mass is 211 g/mol. The molecule has 15 heavy (non-hydrogen) atoms. The molecule has 0 atom stereocenters. The number of hydrogen-bond donors (Lipinski definition) is 1. The van der Waals surface area contributed by atoms with Crippen molar-refractivity contribution in [1.82, 2.24) is 9.55 Å². The SMILES string of the molecule is CCOCCn1ccnc1NCC(C)C. The van der Waals surface area contributed by atoms with Crippen LogP contribution in [-0.2, 0) is 11.3 Å². The standard InChI is InChI=1S/C11H21N3O/c1-4-15-8-7-14-6-5-12-11(14)13-9-10(2)3/h5-6,10H,4,7-9H2,1-3H3,(H,12,13). The highest BCUT2D eigenvalue weighted by atomic mass is 16.5. The zero-order chi connectivity index (χ0) is 11.1. The Bertz CT molecular complexity index is 271. The highest BCUT2D eigenvalue weighted by Gasteiger charge is 2.02. The van der Waals surface area contributed by atoms with E-state index in [4.69, 9.17) is 4.74 Å². The molecule has 0 unspecified atom stereocenters. The van der Waals surface area contributed by atoms with Gasteiger partial charge in [-0.05, 0) is 12.8 Å². The zero-order valence-electron chi connectivity index (χ0n) is 9.86. The van der Waals surface area contributed by atoms with Crippen LogP contribution >= 0.6 is 0 Å². The van der Waals surface area contributed by atoms with Crippen molar-refractivity contribution in [3.05, 3.63) is 12.4 Å². The molecule has 1 rings (SSSR count). The van der Waals surface area contributed by atoms with Gasteiger partial charge >= 0.3 is 0 Å². The van der Waals surface area contributed by atoms with Crippen LogP contribution in [0.5, 0.6) is 0 Å². The minimum absolute atomic E-state index is 0.627. The van der Waals surface area contributed by atoms with Crippen LogP contribution in [-0.4, -0.2) is 29.3 Å². The Kier molecular flexibility index (Phi) is 5.18. The van der Waals surface area contributed by atoms with Gasteiger partial charge in [-0.3, -0.25) is 0 Å². The molecule has 1 heterocycles. The number of imidazole rings is 1. The molecular formula is C11H21N3O. The van der Waals surface area contributed by atoms with E-state index in [1.54, 1.807) is 0 Å². The fraction of sp³-hybridized carbons (Fsp3) is 0.727. The van der Waals surface area contributed by atoms with Gasteiger partial charge in [0.1, 0.15) is 0 Å². The topological polar surface area (TPSA) is 39.1 Å². The number of nitrogens with one attached hydrogen (secondary N) is 1. The molecule has 0 spiro atoms. The number of rotatable bonds is 7. The Morgan fingerprint density at radius 3 is 3.00 bits per heavy atom. The molecular weight excluding hydrogens is 190 g/mol. The van der Waals surface area contributed by atoms with Crippen LogP contribution in [0.25, 0.3) is 0 Å². The van der Waals surface area contributed by atoms with Crippen LogP contribution in [0.3, 0.4) is 0 Å². The lowest BCUT2D eigenvalue weighted by molar-refractivity contribution is 0.139. The molecule has 0 saturated heterocycles. The zero-order valence-corrected chi connectivity index (χ0v) is 9.86. The Labute approximate surface area is 91.7 Å². The molecule has 0 fully saturated rings. The van der Waals surface area contributed by atoms with E-state index in [0.29, 0.717) is 5.92 Å². The van der Waals surface area contributed by atoms with Gasteiger partial charge in [-0.15, -0.1) is 0 Å². The second-order valence-corrected chi connectivity index (χ2v) is 3.92. The van der Waals surface area contributed by atoms with Gasteiger partial charge in [0.2, 0.25) is 5.95 Å². The fourth-order valence-corrected chi connectivity index (χ4v) is 1.26. The first-order valence-corrected chi connectivity index (χ1v) is 5.56. The van der Waals surface area contributed by atoms with Crippen LogP contribution in [0.2, 0.25) is 0 Å². The summed E-state index contributed by atoms with van der Waals surface area (Å²) in [6.07, 6.45) is 3.79. The highest BCUT2D eigenvalue weighted by molar-refractivity contribution is 5.25. The molecule has 0 aliphatic heterocycles. The maximum atomic E-state index is 5.31. The van der Waals surface area contributed by atoms with Crippen molar-refractivity contribution in [2.75, 3.05) is 25.1 Å². The van der Waals surface area contributed by atoms with Crippen molar-refractivity contribution < 1.29 is 4.74 Å². The van der Waals surface area contributed by atoms with E-state index in [2.05, 4.69) is 28.7 Å². The third kappa shape index (κ3) is 4.34. The van der Waals surface area contributed by atoms with Crippen LogP contribution in [0, 0.1) is 5.92 Å². The van der Waals surface area contributed by atoms with Gasteiger partial charge in [0.25, 0.3) is 0 Å². The summed E-state index contributed by atoms with van der Waals surface area (Å²) in [4.78, 5) is 4.26. The Morgan fingerprint density at radius 1 is 1.53 bits per heavy atom. The lowest BCUT2D eigenvalue weighted by atomic mass is 10.2. The molecule has 86 valence electrons. The molecule has 0 aliphatic rings. The third-order valence-corrected chi connectivity index (χ3v) is 2.06. The fourth-order valence-electron chi connectivity index (χ4n) is 1.26. The first kappa shape index (κ1) is 12.0. The van der Waals surface area contributed by atoms with Crippen molar-refractivity contribution in [2.24, 2.45) is 5.92 Å². The quantitative estimate of drug-likeness (QED) is 0.701. The van der Waals surface area contributed by atoms with Crippen LogP contribution in [0.4, 0.5) is 5.95 Å². The van der Waals surface area contributed by atoms with Gasteiger partial charge in [0, 0.05) is 32.1 Å². The Balaban J connectivity index is 2.39. The summed E-state index contributed by atoms with van der Waals surface area (Å²) in [6, 6.07) is 0. The molecule has 1 aromatic rings. The molecule has 1 N–H and O–H groups in total. The summed E-state index contributed by atoms with van der Waals surface area (Å²) < 4.78 is 7.39. The van der Waals surface area contributed by atoms with Gasteiger partial charge in [0.15, 0.2) is 0 Å². The minimum Gasteiger partial charge on any atom is -0.380 e. The summed E-state index contributed by atoms with van der Waals surface area (Å²) in [5, 5.41) is 3.32. The maximum Gasteiger partial charge on any atom is 0.202 e. The molecule has 4 heteroatoms. The number of nitrogens with zero attached hydrogens (tertiary/aromatic N) is 2. The van der Waals surface area contributed by atoms with E-state index < -0.39 is 0 Å². The number of hydrogen-bond acceptors (Lipinski definition) is 3. The maximum absolute atomic E-state index is 5.31. The van der Waals surface area contributed by atoms with Crippen LogP contribution in [0.1, 0.15) is 20.8 Å². The number of ether oxygens (including phenoxy) is 1. The van der Waals surface area contributed by atoms with Gasteiger partial charge in [0.05, 0.1) is 6.61 Å². The average molecular weight is 211 g/mol. The largest absolute Gasteiger partial charge is 0.380 e. The smallest absolute Gasteiger partial charge is 0.202 e. The van der Waals surface area contributed by atoms with Crippen molar-refractivity contribution in [3.63, 3.8) is 0 Å². The highest BCUT2D eigenvalue weighted by Crippen LogP contribution is 2.05. The van der Waals surface area contributed by atoms with Gasteiger partial charge < -0.3 is 14.6 Å². The molecule has 0 saturated carbocycles. The van der Waals surface area contributed by atoms with Gasteiger partial charge in [-0.1, -0.05) is 13.8 Å². The lowest BCUT2D eigenvalue weighted by Gasteiger charge is -2.11. The van der Waals surface area contributed by atoms with E-state index >= 15 is 0 Å². The Morgan fingerprint density at radius 2 is 2.33 bits per heavy atom. The molecule has 0 aliphatic carbocycles. The third-order valence-electron chi connectivity index (χ3n) is 2.06. The van der Waals surface area contributed by atoms with E-state index in [0.717, 1.165) is 32.3 Å². The van der Waals surface area contributed by atoms with Crippen molar-refractivity contribution in [1.29, 1.82) is 0 Å². The normalized spacial score (nSPS) is 10.9. The summed E-state index contributed by atoms with van der Waals surface area (Å²) in [5.74, 6) is 1.56. The van der Waals surface area contributed by atoms with Gasteiger partial charge in [-0.25, -0.2) is 4.98 Å². The average Bonchev–Trinajstić information content (AvgIpc) is 2.63. The number of aromatic nitrogens is 2. The first-order valence-electron chi connectivity index (χ1n) is 5.56. The summed E-state index contributed by atoms with van der Waals surface area (Å²) in [5.41, 5.74) is 0. The summed E-state index contributed by atoms with van der Waals surface area (Å²) in [7, 11) is 0. The summed E-state index contributed by atoms with van der Waals surface area (Å²) >= 11 is 0. The van der Waals surface area contributed by atoms with Crippen molar-refractivity contribution in [2.45, 2.75) is 27.3 Å². The van der Waals surface area contributed by atoms with E-state index in [1.165, 1.54) is 0 Å². The minimum atomic E-state index is 0.627. The molecule has 0 radical (unpaired) electrons. The predicted molar refractivity (Wildman–Crippen MR) is 62.0 cm³/mol. The Hall–Kier alpha value is -1.03. The molecule has 0 aromatic carbocycles. The van der Waals surface area contributed by atoms with Crippen LogP contribution in [0.15, 0.2) is 12.4 Å². The van der Waals surface area contributed by atoms with Crippen molar-refractivity contribution in [3.8, 4) is 0 Å². The second kappa shape index (κ2) is 6.45. The predicted octanol–water partition coefficient (Wildman–Crippen LogP) is 1.99. The first-order chi connectivity index (χ1) is 7.24. The second-order valence-electron chi connectivity index (χ2n) is 3.92. The molecule has 4 nitrogen and oxygen atoms in total. The number of anilines is 1. The van der Waals surface area contributed by atoms with Crippen molar-refractivity contribution >= 4 is 5.95 Å². The van der Waals surface area contributed by atoms with Gasteiger partial charge in [-0.2, -0.15) is 0 Å². The molecule has 0 bridgehead atoms. The van der Waals surface area contributed by atoms with E-state index in [-0.39, 0.29) is 0 Å². The molecule has 0 amide bonds. The lowest BCUT2D eigenvalue weighted by Crippen LogP contribution is -2.14. The van der Waals surface area contributed by atoms with Crippen LogP contribution < -0.4 is 5.32 Å². The van der Waals surface area contributed by atoms with E-state index in [9.17, 15) is 0 Å². The molecule has 1 aromatic heterocycles. The van der Waals surface area contributed by atoms with E-state index in [1.807, 2.05) is 19.3 Å². The summed E-state index contributed by atoms with van der Waals surface area (Å²) in [6.45, 7) is 9.68.